The van der Waals surface area contributed by atoms with Gasteiger partial charge in [-0.15, -0.1) is 0 Å². The molecule has 0 radical (unpaired) electrons. The maximum Gasteiger partial charge on any atom is 0.418 e. The second-order valence-electron chi connectivity index (χ2n) is 8.36. The third-order valence-corrected chi connectivity index (χ3v) is 6.39. The minimum absolute atomic E-state index is 0.0526. The van der Waals surface area contributed by atoms with Crippen LogP contribution in [0.1, 0.15) is 27.8 Å². The zero-order chi connectivity index (χ0) is 25.1. The maximum atomic E-state index is 13.8. The second kappa shape index (κ2) is 10.0. The predicted octanol–water partition coefficient (Wildman–Crippen LogP) is 8.67. The van der Waals surface area contributed by atoms with Crippen molar-refractivity contribution in [2.24, 2.45) is 0 Å². The lowest BCUT2D eigenvalue weighted by molar-refractivity contribution is -0.136. The van der Waals surface area contributed by atoms with E-state index in [0.29, 0.717) is 11.8 Å². The number of hydrogen-bond acceptors (Lipinski definition) is 1. The van der Waals surface area contributed by atoms with Gasteiger partial charge in [-0.05, 0) is 71.1 Å². The van der Waals surface area contributed by atoms with E-state index in [1.54, 1.807) is 12.3 Å². The number of aromatic nitrogens is 1. The van der Waals surface area contributed by atoms with Crippen molar-refractivity contribution in [3.8, 4) is 23.0 Å². The van der Waals surface area contributed by atoms with E-state index in [1.165, 1.54) is 6.07 Å². The van der Waals surface area contributed by atoms with Crippen molar-refractivity contribution in [1.82, 2.24) is 4.98 Å². The summed E-state index contributed by atoms with van der Waals surface area (Å²) >= 11 is 3.42. The molecule has 0 bridgehead atoms. The molecule has 5 heteroatoms. The molecule has 0 unspecified atom stereocenters. The van der Waals surface area contributed by atoms with E-state index in [9.17, 15) is 13.2 Å². The average Bonchev–Trinajstić information content (AvgIpc) is 2.88. The maximum absolute atomic E-state index is 13.8. The summed E-state index contributed by atoms with van der Waals surface area (Å²) < 4.78 is 42.3. The molecule has 176 valence electrons. The highest BCUT2D eigenvalue weighted by Gasteiger charge is 2.33. The van der Waals surface area contributed by atoms with Crippen LogP contribution in [0.15, 0.2) is 108 Å². The highest BCUT2D eigenvalue weighted by molar-refractivity contribution is 9.10. The van der Waals surface area contributed by atoms with Gasteiger partial charge in [0.1, 0.15) is 0 Å². The van der Waals surface area contributed by atoms with Crippen LogP contribution in [0.5, 0.6) is 0 Å². The number of alkyl halides is 3. The molecule has 1 nitrogen and oxygen atoms in total. The molecule has 0 atom stereocenters. The molecule has 0 aliphatic heterocycles. The zero-order valence-electron chi connectivity index (χ0n) is 19.0. The van der Waals surface area contributed by atoms with E-state index < -0.39 is 11.7 Å². The standard InChI is InChI=1S/C31H19BrF3N/c32-26-16-14-21(15-17-26)12-13-23-8-4-9-24(18-23)29-25(19-22-6-2-1-3-7-22)20-36-30-27(29)10-5-11-28(30)31(33,34)35/h1-11,14-18,20H,19H2. The van der Waals surface area contributed by atoms with Crippen LogP contribution in [-0.2, 0) is 12.6 Å². The molecule has 0 saturated carbocycles. The Morgan fingerprint density at radius 2 is 1.47 bits per heavy atom. The van der Waals surface area contributed by atoms with Gasteiger partial charge in [0.25, 0.3) is 0 Å². The molecule has 1 heterocycles. The Balaban J connectivity index is 1.67. The van der Waals surface area contributed by atoms with E-state index in [1.807, 2.05) is 78.9 Å². The van der Waals surface area contributed by atoms with E-state index in [2.05, 4.69) is 32.8 Å². The Bertz CT molecular complexity index is 1600. The molecule has 1 aromatic heterocycles. The summed E-state index contributed by atoms with van der Waals surface area (Å²) in [6, 6.07) is 29.4. The van der Waals surface area contributed by atoms with E-state index in [4.69, 9.17) is 0 Å². The van der Waals surface area contributed by atoms with Gasteiger partial charge in [0.05, 0.1) is 11.1 Å². The molecule has 0 amide bonds. The van der Waals surface area contributed by atoms with Gasteiger partial charge in [-0.1, -0.05) is 82.4 Å². The summed E-state index contributed by atoms with van der Waals surface area (Å²) in [5.41, 5.74) is 4.30. The first-order valence-electron chi connectivity index (χ1n) is 11.3. The average molecular weight is 542 g/mol. The zero-order valence-corrected chi connectivity index (χ0v) is 20.6. The van der Waals surface area contributed by atoms with Crippen LogP contribution in [0.3, 0.4) is 0 Å². The highest BCUT2D eigenvalue weighted by Crippen LogP contribution is 2.39. The first-order chi connectivity index (χ1) is 17.4. The minimum Gasteiger partial charge on any atom is -0.255 e. The molecular weight excluding hydrogens is 523 g/mol. The number of hydrogen-bond donors (Lipinski definition) is 0. The Morgan fingerprint density at radius 1 is 0.750 bits per heavy atom. The van der Waals surface area contributed by atoms with Crippen LogP contribution in [0.25, 0.3) is 22.0 Å². The van der Waals surface area contributed by atoms with E-state index in [0.717, 1.165) is 43.9 Å². The van der Waals surface area contributed by atoms with Crippen LogP contribution >= 0.6 is 15.9 Å². The number of para-hydroxylation sites is 1. The van der Waals surface area contributed by atoms with Gasteiger partial charge in [0.15, 0.2) is 0 Å². The van der Waals surface area contributed by atoms with Gasteiger partial charge in [0, 0.05) is 27.2 Å². The smallest absolute Gasteiger partial charge is 0.255 e. The summed E-state index contributed by atoms with van der Waals surface area (Å²) in [7, 11) is 0. The summed E-state index contributed by atoms with van der Waals surface area (Å²) in [6.07, 6.45) is -2.38. The molecule has 5 aromatic rings. The van der Waals surface area contributed by atoms with Crippen molar-refractivity contribution in [1.29, 1.82) is 0 Å². The predicted molar refractivity (Wildman–Crippen MR) is 142 cm³/mol. The fraction of sp³-hybridized carbons (Fsp3) is 0.0645. The Morgan fingerprint density at radius 3 is 2.22 bits per heavy atom. The van der Waals surface area contributed by atoms with Crippen molar-refractivity contribution in [2.45, 2.75) is 12.6 Å². The fourth-order valence-electron chi connectivity index (χ4n) is 4.21. The third kappa shape index (κ3) is 5.19. The molecule has 0 N–H and O–H groups in total. The monoisotopic (exact) mass is 541 g/mol. The summed E-state index contributed by atoms with van der Waals surface area (Å²) in [5, 5.41) is 0.469. The number of rotatable bonds is 3. The highest BCUT2D eigenvalue weighted by atomic mass is 79.9. The topological polar surface area (TPSA) is 12.9 Å². The fourth-order valence-corrected chi connectivity index (χ4v) is 4.48. The first-order valence-corrected chi connectivity index (χ1v) is 12.1. The largest absolute Gasteiger partial charge is 0.418 e. The van der Waals surface area contributed by atoms with E-state index in [-0.39, 0.29) is 5.52 Å². The van der Waals surface area contributed by atoms with E-state index >= 15 is 0 Å². The molecular formula is C31H19BrF3N. The van der Waals surface area contributed by atoms with Crippen molar-refractivity contribution >= 4 is 26.8 Å². The molecule has 5 rings (SSSR count). The van der Waals surface area contributed by atoms with Crippen molar-refractivity contribution in [3.05, 3.63) is 136 Å². The van der Waals surface area contributed by atoms with Gasteiger partial charge in [-0.2, -0.15) is 13.2 Å². The van der Waals surface area contributed by atoms with Crippen molar-refractivity contribution in [2.75, 3.05) is 0 Å². The minimum atomic E-state index is -4.50. The number of pyridine rings is 1. The van der Waals surface area contributed by atoms with Gasteiger partial charge in [0.2, 0.25) is 0 Å². The summed E-state index contributed by atoms with van der Waals surface area (Å²) in [5.74, 6) is 6.34. The third-order valence-electron chi connectivity index (χ3n) is 5.87. The first kappa shape index (κ1) is 23.8. The van der Waals surface area contributed by atoms with Crippen LogP contribution in [0.2, 0.25) is 0 Å². The number of benzene rings is 4. The van der Waals surface area contributed by atoms with Gasteiger partial charge >= 0.3 is 6.18 Å². The number of halogens is 4. The normalized spacial score (nSPS) is 11.2. The van der Waals surface area contributed by atoms with Gasteiger partial charge in [-0.25, -0.2) is 0 Å². The number of nitrogens with zero attached hydrogens (tertiary/aromatic N) is 1. The molecule has 0 aliphatic carbocycles. The SMILES string of the molecule is FC(F)(F)c1cccc2c(-c3cccc(C#Cc4ccc(Br)cc4)c3)c(Cc3ccccc3)cnc12. The summed E-state index contributed by atoms with van der Waals surface area (Å²) in [6.45, 7) is 0. The van der Waals surface area contributed by atoms with Crippen LogP contribution in [0, 0.1) is 11.8 Å². The quantitative estimate of drug-likeness (QED) is 0.208. The lowest BCUT2D eigenvalue weighted by Gasteiger charge is -2.16. The lowest BCUT2D eigenvalue weighted by Crippen LogP contribution is -2.07. The molecule has 0 saturated heterocycles. The Kier molecular flexibility index (Phi) is 6.63. The number of fused-ring (bicyclic) bond motifs is 1. The lowest BCUT2D eigenvalue weighted by atomic mass is 9.91. The molecule has 0 spiro atoms. The van der Waals surface area contributed by atoms with Crippen LogP contribution < -0.4 is 0 Å². The molecule has 36 heavy (non-hydrogen) atoms. The molecule has 0 fully saturated rings. The second-order valence-corrected chi connectivity index (χ2v) is 9.27. The van der Waals surface area contributed by atoms with Crippen molar-refractivity contribution in [3.63, 3.8) is 0 Å². The van der Waals surface area contributed by atoms with Crippen LogP contribution in [-0.4, -0.2) is 4.98 Å². The van der Waals surface area contributed by atoms with Gasteiger partial charge in [-0.3, -0.25) is 4.98 Å². The van der Waals surface area contributed by atoms with Crippen molar-refractivity contribution < 1.29 is 13.2 Å². The van der Waals surface area contributed by atoms with Gasteiger partial charge < -0.3 is 0 Å². The Labute approximate surface area is 215 Å². The summed E-state index contributed by atoms with van der Waals surface area (Å²) in [4.78, 5) is 4.28. The molecule has 4 aromatic carbocycles. The Hall–Kier alpha value is -3.88. The molecule has 0 aliphatic rings. The van der Waals surface area contributed by atoms with Crippen LogP contribution in [0.4, 0.5) is 13.2 Å².